The van der Waals surface area contributed by atoms with Crippen LogP contribution in [0.5, 0.6) is 0 Å². The molecular formula is C13H16N2. The lowest BCUT2D eigenvalue weighted by atomic mass is 10.1. The monoisotopic (exact) mass is 200 g/mol. The number of nitrogens with zero attached hydrogens (tertiary/aromatic N) is 2. The Morgan fingerprint density at radius 1 is 1.53 bits per heavy atom. The maximum atomic E-state index is 9.02. The average Bonchev–Trinajstić information content (AvgIpc) is 2.26. The smallest absolute Gasteiger partial charge is 0.101 e. The summed E-state index contributed by atoms with van der Waals surface area (Å²) < 4.78 is 0. The Morgan fingerprint density at radius 2 is 2.27 bits per heavy atom. The molecule has 0 saturated carbocycles. The lowest BCUT2D eigenvalue weighted by Gasteiger charge is -2.22. The minimum Gasteiger partial charge on any atom is -0.367 e. The molecule has 0 aliphatic rings. The molecular weight excluding hydrogens is 184 g/mol. The van der Waals surface area contributed by atoms with Crippen molar-refractivity contribution in [1.82, 2.24) is 0 Å². The summed E-state index contributed by atoms with van der Waals surface area (Å²) in [6.07, 6.45) is 1.85. The number of nitriles is 1. The van der Waals surface area contributed by atoms with E-state index in [1.165, 1.54) is 5.56 Å². The molecule has 0 bridgehead atoms. The van der Waals surface area contributed by atoms with Gasteiger partial charge in [0, 0.05) is 13.1 Å². The third-order valence-electron chi connectivity index (χ3n) is 2.35. The second kappa shape index (κ2) is 5.21. The molecule has 78 valence electrons. The molecule has 0 aliphatic heterocycles. The van der Waals surface area contributed by atoms with Crippen LogP contribution in [0.1, 0.15) is 18.1 Å². The van der Waals surface area contributed by atoms with Crippen LogP contribution in [0.15, 0.2) is 30.9 Å². The molecule has 15 heavy (non-hydrogen) atoms. The molecule has 0 atom stereocenters. The third-order valence-corrected chi connectivity index (χ3v) is 2.35. The fraction of sp³-hybridized carbons (Fsp3) is 0.308. The highest BCUT2D eigenvalue weighted by molar-refractivity contribution is 5.60. The average molecular weight is 200 g/mol. The predicted molar refractivity (Wildman–Crippen MR) is 64.0 cm³/mol. The number of anilines is 1. The first kappa shape index (κ1) is 11.3. The summed E-state index contributed by atoms with van der Waals surface area (Å²) in [6, 6.07) is 8.10. The van der Waals surface area contributed by atoms with Crippen LogP contribution in [0, 0.1) is 18.3 Å². The number of rotatable bonds is 4. The molecule has 0 radical (unpaired) electrons. The molecule has 0 N–H and O–H groups in total. The predicted octanol–water partition coefficient (Wildman–Crippen LogP) is 2.88. The summed E-state index contributed by atoms with van der Waals surface area (Å²) in [6.45, 7) is 9.49. The minimum atomic E-state index is 0.726. The molecule has 0 unspecified atom stereocenters. The van der Waals surface area contributed by atoms with Crippen LogP contribution in [-0.4, -0.2) is 13.1 Å². The summed E-state index contributed by atoms with van der Waals surface area (Å²) >= 11 is 0. The standard InChI is InChI=1S/C13H16N2/c1-4-8-15(5-2)13-9-11(3)6-7-12(13)10-14/h4,6-7,9H,1,5,8H2,2-3H3. The van der Waals surface area contributed by atoms with Crippen LogP contribution in [0.25, 0.3) is 0 Å². The number of likely N-dealkylation sites (N-methyl/N-ethyl adjacent to an activating group) is 1. The lowest BCUT2D eigenvalue weighted by molar-refractivity contribution is 0.904. The van der Waals surface area contributed by atoms with E-state index >= 15 is 0 Å². The first-order valence-electron chi connectivity index (χ1n) is 5.09. The SMILES string of the molecule is C=CCN(CC)c1cc(C)ccc1C#N. The topological polar surface area (TPSA) is 27.0 Å². The van der Waals surface area contributed by atoms with Crippen LogP contribution in [0.2, 0.25) is 0 Å². The van der Waals surface area contributed by atoms with Crippen molar-refractivity contribution in [2.45, 2.75) is 13.8 Å². The molecule has 2 heteroatoms. The molecule has 1 aromatic carbocycles. The van der Waals surface area contributed by atoms with Gasteiger partial charge >= 0.3 is 0 Å². The van der Waals surface area contributed by atoms with Gasteiger partial charge in [-0.25, -0.2) is 0 Å². The summed E-state index contributed by atoms with van der Waals surface area (Å²) in [5.41, 5.74) is 2.90. The molecule has 0 aliphatic carbocycles. The van der Waals surface area contributed by atoms with Crippen molar-refractivity contribution in [3.05, 3.63) is 42.0 Å². The quantitative estimate of drug-likeness (QED) is 0.699. The second-order valence-corrected chi connectivity index (χ2v) is 3.46. The Hall–Kier alpha value is -1.75. The van der Waals surface area contributed by atoms with Crippen molar-refractivity contribution in [3.63, 3.8) is 0 Å². The summed E-state index contributed by atoms with van der Waals surface area (Å²) in [5.74, 6) is 0. The van der Waals surface area contributed by atoms with Crippen LogP contribution in [-0.2, 0) is 0 Å². The van der Waals surface area contributed by atoms with Gasteiger partial charge in [-0.1, -0.05) is 12.1 Å². The van der Waals surface area contributed by atoms with E-state index in [1.54, 1.807) is 0 Å². The third kappa shape index (κ3) is 2.60. The highest BCUT2D eigenvalue weighted by Gasteiger charge is 2.08. The van der Waals surface area contributed by atoms with E-state index < -0.39 is 0 Å². The van der Waals surface area contributed by atoms with Crippen LogP contribution >= 0.6 is 0 Å². The van der Waals surface area contributed by atoms with E-state index in [-0.39, 0.29) is 0 Å². The van der Waals surface area contributed by atoms with E-state index in [1.807, 2.05) is 31.2 Å². The highest BCUT2D eigenvalue weighted by atomic mass is 15.1. The number of benzene rings is 1. The van der Waals surface area contributed by atoms with Crippen molar-refractivity contribution in [1.29, 1.82) is 5.26 Å². The van der Waals surface area contributed by atoms with Crippen molar-refractivity contribution < 1.29 is 0 Å². The molecule has 0 saturated heterocycles. The summed E-state index contributed by atoms with van der Waals surface area (Å²) in [5, 5.41) is 9.02. The van der Waals surface area contributed by atoms with Crippen LogP contribution in [0.3, 0.4) is 0 Å². The van der Waals surface area contributed by atoms with Crippen molar-refractivity contribution >= 4 is 5.69 Å². The van der Waals surface area contributed by atoms with Gasteiger partial charge in [-0.05, 0) is 31.5 Å². The Morgan fingerprint density at radius 3 is 2.80 bits per heavy atom. The zero-order chi connectivity index (χ0) is 11.3. The summed E-state index contributed by atoms with van der Waals surface area (Å²) in [7, 11) is 0. The largest absolute Gasteiger partial charge is 0.367 e. The van der Waals surface area contributed by atoms with Crippen molar-refractivity contribution in [2.24, 2.45) is 0 Å². The van der Waals surface area contributed by atoms with Crippen LogP contribution < -0.4 is 4.90 Å². The van der Waals surface area contributed by atoms with Gasteiger partial charge < -0.3 is 4.90 Å². The maximum Gasteiger partial charge on any atom is 0.101 e. The van der Waals surface area contributed by atoms with Gasteiger partial charge in [-0.2, -0.15) is 5.26 Å². The highest BCUT2D eigenvalue weighted by Crippen LogP contribution is 2.21. The van der Waals surface area contributed by atoms with E-state index in [2.05, 4.69) is 24.5 Å². The first-order valence-corrected chi connectivity index (χ1v) is 5.09. The fourth-order valence-corrected chi connectivity index (χ4v) is 1.55. The molecule has 0 heterocycles. The molecule has 1 aromatic rings. The van der Waals surface area contributed by atoms with E-state index in [9.17, 15) is 0 Å². The minimum absolute atomic E-state index is 0.726. The molecule has 0 spiro atoms. The number of aryl methyl sites for hydroxylation is 1. The lowest BCUT2D eigenvalue weighted by Crippen LogP contribution is -2.23. The second-order valence-electron chi connectivity index (χ2n) is 3.46. The first-order chi connectivity index (χ1) is 7.22. The fourth-order valence-electron chi connectivity index (χ4n) is 1.55. The van der Waals surface area contributed by atoms with Gasteiger partial charge in [0.1, 0.15) is 6.07 Å². The van der Waals surface area contributed by atoms with Crippen LogP contribution in [0.4, 0.5) is 5.69 Å². The van der Waals surface area contributed by atoms with Gasteiger partial charge in [-0.15, -0.1) is 6.58 Å². The van der Waals surface area contributed by atoms with Crippen molar-refractivity contribution in [3.8, 4) is 6.07 Å². The molecule has 0 aromatic heterocycles. The number of hydrogen-bond acceptors (Lipinski definition) is 2. The van der Waals surface area contributed by atoms with Gasteiger partial charge in [0.2, 0.25) is 0 Å². The van der Waals surface area contributed by atoms with E-state index in [0.29, 0.717) is 0 Å². The van der Waals surface area contributed by atoms with E-state index in [0.717, 1.165) is 24.3 Å². The molecule has 2 nitrogen and oxygen atoms in total. The maximum absolute atomic E-state index is 9.02. The summed E-state index contributed by atoms with van der Waals surface area (Å²) in [4.78, 5) is 2.14. The Balaban J connectivity index is 3.14. The molecule has 0 fully saturated rings. The number of hydrogen-bond donors (Lipinski definition) is 0. The zero-order valence-electron chi connectivity index (χ0n) is 9.33. The Bertz CT molecular complexity index is 388. The Labute approximate surface area is 91.4 Å². The van der Waals surface area contributed by atoms with Crippen molar-refractivity contribution in [2.75, 3.05) is 18.0 Å². The van der Waals surface area contributed by atoms with Gasteiger partial charge in [0.05, 0.1) is 11.3 Å². The molecule has 1 rings (SSSR count). The Kier molecular flexibility index (Phi) is 3.93. The normalized spacial score (nSPS) is 9.40. The van der Waals surface area contributed by atoms with E-state index in [4.69, 9.17) is 5.26 Å². The van der Waals surface area contributed by atoms with Gasteiger partial charge in [0.15, 0.2) is 0 Å². The molecule has 0 amide bonds. The zero-order valence-corrected chi connectivity index (χ0v) is 9.33. The van der Waals surface area contributed by atoms with Gasteiger partial charge in [0.25, 0.3) is 0 Å². The van der Waals surface area contributed by atoms with Gasteiger partial charge in [-0.3, -0.25) is 0 Å².